The fourth-order valence-corrected chi connectivity index (χ4v) is 4.75. The SMILES string of the molecule is COc1cc2c(cc1OC)N(C)S(=O)(=O)C(C(=O)Nc1ccccc1C(N)=O)=C2C. The van der Waals surface area contributed by atoms with Gasteiger partial charge in [0.05, 0.1) is 31.2 Å². The van der Waals surface area contributed by atoms with E-state index in [2.05, 4.69) is 5.32 Å². The lowest BCUT2D eigenvalue weighted by Crippen LogP contribution is -2.37. The van der Waals surface area contributed by atoms with Crippen LogP contribution < -0.4 is 24.8 Å². The Hall–Kier alpha value is -3.53. The zero-order valence-electron chi connectivity index (χ0n) is 16.8. The summed E-state index contributed by atoms with van der Waals surface area (Å²) in [5, 5.41) is 2.49. The van der Waals surface area contributed by atoms with Gasteiger partial charge < -0.3 is 20.5 Å². The highest BCUT2D eigenvalue weighted by atomic mass is 32.2. The summed E-state index contributed by atoms with van der Waals surface area (Å²) in [5.41, 5.74) is 6.60. The van der Waals surface area contributed by atoms with Crippen molar-refractivity contribution < 1.29 is 27.5 Å². The van der Waals surface area contributed by atoms with E-state index in [1.54, 1.807) is 18.2 Å². The van der Waals surface area contributed by atoms with Crippen LogP contribution in [0.15, 0.2) is 41.3 Å². The van der Waals surface area contributed by atoms with E-state index < -0.39 is 26.7 Å². The van der Waals surface area contributed by atoms with Gasteiger partial charge in [0.1, 0.15) is 0 Å². The van der Waals surface area contributed by atoms with Crippen LogP contribution in [0.25, 0.3) is 5.57 Å². The Morgan fingerprint density at radius 2 is 1.67 bits per heavy atom. The number of carbonyl (C=O) groups excluding carboxylic acids is 2. The number of ether oxygens (including phenoxy) is 2. The number of nitrogens with two attached hydrogens (primary N) is 1. The van der Waals surface area contributed by atoms with Gasteiger partial charge in [-0.1, -0.05) is 12.1 Å². The first-order valence-electron chi connectivity index (χ1n) is 8.79. The molecule has 3 N–H and O–H groups in total. The van der Waals surface area contributed by atoms with Crippen molar-refractivity contribution in [2.24, 2.45) is 5.73 Å². The van der Waals surface area contributed by atoms with Gasteiger partial charge in [-0.3, -0.25) is 13.9 Å². The number of fused-ring (bicyclic) bond motifs is 1. The smallest absolute Gasteiger partial charge is 0.269 e. The van der Waals surface area contributed by atoms with E-state index in [0.29, 0.717) is 22.7 Å². The van der Waals surface area contributed by atoms with Crippen molar-refractivity contribution >= 4 is 38.8 Å². The molecule has 0 aliphatic carbocycles. The summed E-state index contributed by atoms with van der Waals surface area (Å²) in [5.74, 6) is -0.882. The van der Waals surface area contributed by atoms with Gasteiger partial charge in [0, 0.05) is 18.7 Å². The number of nitrogens with one attached hydrogen (secondary N) is 1. The summed E-state index contributed by atoms with van der Waals surface area (Å²) in [6, 6.07) is 9.23. The summed E-state index contributed by atoms with van der Waals surface area (Å²) in [4.78, 5) is 24.2. The maximum Gasteiger partial charge on any atom is 0.269 e. The first kappa shape index (κ1) is 21.2. The Morgan fingerprint density at radius 1 is 1.07 bits per heavy atom. The van der Waals surface area contributed by atoms with E-state index in [9.17, 15) is 18.0 Å². The highest BCUT2D eigenvalue weighted by molar-refractivity contribution is 7.97. The van der Waals surface area contributed by atoms with E-state index in [-0.39, 0.29) is 16.8 Å². The highest BCUT2D eigenvalue weighted by Gasteiger charge is 2.38. The maximum absolute atomic E-state index is 13.1. The molecule has 30 heavy (non-hydrogen) atoms. The largest absolute Gasteiger partial charge is 0.493 e. The molecule has 1 heterocycles. The monoisotopic (exact) mass is 431 g/mol. The van der Waals surface area contributed by atoms with E-state index in [0.717, 1.165) is 4.31 Å². The van der Waals surface area contributed by atoms with Crippen molar-refractivity contribution in [2.75, 3.05) is 30.9 Å². The molecule has 1 aliphatic heterocycles. The van der Waals surface area contributed by atoms with Crippen LogP contribution in [-0.4, -0.2) is 41.5 Å². The van der Waals surface area contributed by atoms with Gasteiger partial charge in [0.15, 0.2) is 16.4 Å². The first-order chi connectivity index (χ1) is 14.1. The second-order valence-corrected chi connectivity index (χ2v) is 8.42. The molecule has 0 bridgehead atoms. The van der Waals surface area contributed by atoms with E-state index in [1.165, 1.54) is 46.4 Å². The van der Waals surface area contributed by atoms with Crippen molar-refractivity contribution in [3.8, 4) is 11.5 Å². The topological polar surface area (TPSA) is 128 Å². The lowest BCUT2D eigenvalue weighted by molar-refractivity contribution is -0.112. The van der Waals surface area contributed by atoms with Crippen LogP contribution in [0.3, 0.4) is 0 Å². The van der Waals surface area contributed by atoms with E-state index >= 15 is 0 Å². The minimum atomic E-state index is -4.17. The minimum absolute atomic E-state index is 0.0671. The molecule has 10 heteroatoms. The molecule has 2 aromatic rings. The number of rotatable bonds is 5. The lowest BCUT2D eigenvalue weighted by Gasteiger charge is -2.30. The average molecular weight is 431 g/mol. The van der Waals surface area contributed by atoms with Crippen molar-refractivity contribution in [1.29, 1.82) is 0 Å². The van der Waals surface area contributed by atoms with Crippen molar-refractivity contribution in [3.63, 3.8) is 0 Å². The van der Waals surface area contributed by atoms with Gasteiger partial charge in [0.25, 0.3) is 21.8 Å². The normalized spacial score (nSPS) is 14.7. The predicted molar refractivity (Wildman–Crippen MR) is 113 cm³/mol. The Labute approximate surface area is 174 Å². The number of nitrogens with zero attached hydrogens (tertiary/aromatic N) is 1. The number of hydrogen-bond acceptors (Lipinski definition) is 6. The molecular formula is C20H21N3O6S. The third-order valence-electron chi connectivity index (χ3n) is 4.85. The predicted octanol–water partition coefficient (Wildman–Crippen LogP) is 1.95. The third-order valence-corrected chi connectivity index (χ3v) is 6.78. The molecule has 0 fully saturated rings. The number of sulfonamides is 1. The molecule has 158 valence electrons. The quantitative estimate of drug-likeness (QED) is 0.745. The number of allylic oxidation sites excluding steroid dienone is 1. The van der Waals surface area contributed by atoms with Crippen molar-refractivity contribution in [1.82, 2.24) is 0 Å². The van der Waals surface area contributed by atoms with Crippen LogP contribution >= 0.6 is 0 Å². The molecule has 3 rings (SSSR count). The van der Waals surface area contributed by atoms with Gasteiger partial charge in [-0.15, -0.1) is 0 Å². The van der Waals surface area contributed by atoms with Gasteiger partial charge >= 0.3 is 0 Å². The van der Waals surface area contributed by atoms with Gasteiger partial charge in [-0.25, -0.2) is 8.42 Å². The fourth-order valence-electron chi connectivity index (χ4n) is 3.28. The number of methoxy groups -OCH3 is 2. The number of amides is 2. The van der Waals surface area contributed by atoms with E-state index in [1.807, 2.05) is 0 Å². The van der Waals surface area contributed by atoms with Crippen LogP contribution in [-0.2, 0) is 14.8 Å². The van der Waals surface area contributed by atoms with Crippen molar-refractivity contribution in [2.45, 2.75) is 6.92 Å². The van der Waals surface area contributed by atoms with Crippen LogP contribution in [0.4, 0.5) is 11.4 Å². The molecule has 0 aromatic heterocycles. The summed E-state index contributed by atoms with van der Waals surface area (Å²) < 4.78 is 37.8. The molecular weight excluding hydrogens is 410 g/mol. The van der Waals surface area contributed by atoms with Crippen LogP contribution in [0.1, 0.15) is 22.8 Å². The Bertz CT molecular complexity index is 1190. The molecule has 0 saturated heterocycles. The number of para-hydroxylation sites is 1. The second-order valence-electron chi connectivity index (χ2n) is 6.51. The van der Waals surface area contributed by atoms with Gasteiger partial charge in [0.2, 0.25) is 0 Å². The molecule has 0 radical (unpaired) electrons. The van der Waals surface area contributed by atoms with Crippen molar-refractivity contribution in [3.05, 3.63) is 52.4 Å². The molecule has 9 nitrogen and oxygen atoms in total. The first-order valence-corrected chi connectivity index (χ1v) is 10.2. The fraction of sp³-hybridized carbons (Fsp3) is 0.200. The number of anilines is 2. The van der Waals surface area contributed by atoms with Gasteiger partial charge in [-0.05, 0) is 30.7 Å². The molecule has 0 atom stereocenters. The summed E-state index contributed by atoms with van der Waals surface area (Å²) >= 11 is 0. The standard InChI is InChI=1S/C20H21N3O6S/c1-11-13-9-16(28-3)17(29-4)10-15(13)23(2)30(26,27)18(11)20(25)22-14-8-6-5-7-12(14)19(21)24/h5-10H,1-4H3,(H2,21,24)(H,22,25). The molecule has 0 spiro atoms. The number of carbonyl (C=O) groups is 2. The Balaban J connectivity index is 2.17. The maximum atomic E-state index is 13.1. The minimum Gasteiger partial charge on any atom is -0.493 e. The molecule has 0 unspecified atom stereocenters. The number of primary amides is 1. The zero-order chi connectivity index (χ0) is 22.2. The van der Waals surface area contributed by atoms with Crippen LogP contribution in [0.2, 0.25) is 0 Å². The summed E-state index contributed by atoms with van der Waals surface area (Å²) in [7, 11) is 0.0740. The average Bonchev–Trinajstić information content (AvgIpc) is 2.71. The summed E-state index contributed by atoms with van der Waals surface area (Å²) in [6.45, 7) is 1.53. The molecule has 2 amide bonds. The second kappa shape index (κ2) is 7.71. The highest BCUT2D eigenvalue weighted by Crippen LogP contribution is 2.44. The molecule has 2 aromatic carbocycles. The third kappa shape index (κ3) is 3.35. The molecule has 0 saturated carbocycles. The Kier molecular flexibility index (Phi) is 5.45. The number of hydrogen-bond donors (Lipinski definition) is 2. The number of benzene rings is 2. The molecule has 1 aliphatic rings. The van der Waals surface area contributed by atoms with Crippen LogP contribution in [0, 0.1) is 0 Å². The lowest BCUT2D eigenvalue weighted by atomic mass is 10.0. The summed E-state index contributed by atoms with van der Waals surface area (Å²) in [6.07, 6.45) is 0. The van der Waals surface area contributed by atoms with E-state index in [4.69, 9.17) is 15.2 Å². The Morgan fingerprint density at radius 3 is 2.27 bits per heavy atom. The van der Waals surface area contributed by atoms with Gasteiger partial charge in [-0.2, -0.15) is 0 Å². The van der Waals surface area contributed by atoms with Crippen LogP contribution in [0.5, 0.6) is 11.5 Å². The zero-order valence-corrected chi connectivity index (χ0v) is 17.7.